The van der Waals surface area contributed by atoms with Crippen molar-refractivity contribution in [1.82, 2.24) is 25.1 Å². The summed E-state index contributed by atoms with van der Waals surface area (Å²) in [6.07, 6.45) is -2.81. The zero-order valence-corrected chi connectivity index (χ0v) is 18.2. The fourth-order valence-corrected chi connectivity index (χ4v) is 4.16. The van der Waals surface area contributed by atoms with Gasteiger partial charge >= 0.3 is 6.18 Å². The molecule has 1 aromatic heterocycles. The van der Waals surface area contributed by atoms with Crippen molar-refractivity contribution in [3.8, 4) is 11.4 Å². The number of hydrogen-bond acceptors (Lipinski definition) is 6. The Kier molecular flexibility index (Phi) is 8.82. The van der Waals surface area contributed by atoms with E-state index in [1.165, 1.54) is 13.2 Å². The molecule has 1 aliphatic rings. The molecule has 2 aromatic carbocycles. The van der Waals surface area contributed by atoms with Crippen LogP contribution >= 0.6 is 12.4 Å². The lowest BCUT2D eigenvalue weighted by atomic mass is 9.90. The largest absolute Gasteiger partial charge is 0.496 e. The molecule has 0 aliphatic carbocycles. The van der Waals surface area contributed by atoms with E-state index >= 15 is 0 Å². The highest BCUT2D eigenvalue weighted by atomic mass is 35.5. The van der Waals surface area contributed by atoms with Gasteiger partial charge < -0.3 is 10.5 Å². The van der Waals surface area contributed by atoms with E-state index in [9.17, 15) is 13.2 Å². The molecule has 2 heterocycles. The van der Waals surface area contributed by atoms with Gasteiger partial charge in [-0.05, 0) is 53.6 Å². The van der Waals surface area contributed by atoms with E-state index in [1.54, 1.807) is 12.1 Å². The number of ether oxygens (including phenoxy) is 1. The third kappa shape index (κ3) is 5.63. The summed E-state index contributed by atoms with van der Waals surface area (Å²) in [4.78, 5) is 2.25. The highest BCUT2D eigenvalue weighted by molar-refractivity contribution is 5.85. The maximum absolute atomic E-state index is 13.3. The minimum absolute atomic E-state index is 0. The number of alkyl halides is 3. The molecule has 11 heteroatoms. The lowest BCUT2D eigenvalue weighted by molar-refractivity contribution is -0.146. The van der Waals surface area contributed by atoms with E-state index in [0.717, 1.165) is 30.5 Å². The smallest absolute Gasteiger partial charge is 0.453 e. The zero-order chi connectivity index (χ0) is 22.0. The molecule has 1 aliphatic heterocycles. The third-order valence-electron chi connectivity index (χ3n) is 5.53. The van der Waals surface area contributed by atoms with E-state index in [1.807, 2.05) is 30.3 Å². The molecule has 3 aromatic rings. The average molecular weight is 485 g/mol. The number of aromatic nitrogens is 4. The van der Waals surface area contributed by atoms with E-state index in [0.29, 0.717) is 17.0 Å². The van der Waals surface area contributed by atoms with Crippen molar-refractivity contribution in [2.24, 2.45) is 5.73 Å². The molecule has 0 amide bonds. The summed E-state index contributed by atoms with van der Waals surface area (Å²) in [5.41, 5.74) is 8.54. The van der Waals surface area contributed by atoms with Crippen LogP contribution in [0, 0.1) is 0 Å². The summed E-state index contributed by atoms with van der Waals surface area (Å²) >= 11 is 0. The minimum Gasteiger partial charge on any atom is -0.496 e. The van der Waals surface area contributed by atoms with Gasteiger partial charge in [0.15, 0.2) is 0 Å². The molecule has 1 saturated heterocycles. The van der Waals surface area contributed by atoms with Crippen LogP contribution in [-0.4, -0.2) is 44.8 Å². The first kappa shape index (κ1) is 26.6. The summed E-state index contributed by atoms with van der Waals surface area (Å²) in [5, 5.41) is 9.86. The van der Waals surface area contributed by atoms with Crippen molar-refractivity contribution >= 4 is 12.4 Å². The average Bonchev–Trinajstić information content (AvgIpc) is 3.25. The molecule has 2 unspecified atom stereocenters. The number of halogens is 4. The molecular weight excluding hydrogens is 457 g/mol. The molecule has 0 bridgehead atoms. The van der Waals surface area contributed by atoms with Crippen LogP contribution in [0.3, 0.4) is 0 Å². The summed E-state index contributed by atoms with van der Waals surface area (Å²) in [5.74, 6) is -0.595. The van der Waals surface area contributed by atoms with E-state index < -0.39 is 12.0 Å². The number of hydrogen-bond donors (Lipinski definition) is 1. The normalized spacial score (nSPS) is 18.8. The maximum atomic E-state index is 13.3. The van der Waals surface area contributed by atoms with Crippen LogP contribution in [-0.2, 0) is 12.7 Å². The number of nitrogens with two attached hydrogens (primary N) is 1. The second kappa shape index (κ2) is 11.0. The quantitative estimate of drug-likeness (QED) is 0.577. The number of benzene rings is 2. The van der Waals surface area contributed by atoms with Gasteiger partial charge in [0.1, 0.15) is 5.75 Å². The Labute approximate surface area is 197 Å². The number of rotatable bonds is 5. The summed E-state index contributed by atoms with van der Waals surface area (Å²) in [6, 6.07) is 14.7. The second-order valence-corrected chi connectivity index (χ2v) is 7.54. The van der Waals surface area contributed by atoms with Crippen molar-refractivity contribution < 1.29 is 17.9 Å². The van der Waals surface area contributed by atoms with Crippen LogP contribution in [0.5, 0.6) is 5.75 Å². The van der Waals surface area contributed by atoms with E-state index in [2.05, 4.69) is 20.4 Å². The van der Waals surface area contributed by atoms with Crippen LogP contribution in [0.15, 0.2) is 48.5 Å². The van der Waals surface area contributed by atoms with Gasteiger partial charge in [-0.15, -0.1) is 17.5 Å². The van der Waals surface area contributed by atoms with Gasteiger partial charge in [0.2, 0.25) is 0 Å². The van der Waals surface area contributed by atoms with E-state index in [-0.39, 0.29) is 37.6 Å². The van der Waals surface area contributed by atoms with Crippen molar-refractivity contribution in [2.75, 3.05) is 13.7 Å². The summed E-state index contributed by atoms with van der Waals surface area (Å²) < 4.78 is 46.0. The van der Waals surface area contributed by atoms with Gasteiger partial charge in [-0.2, -0.15) is 17.9 Å². The van der Waals surface area contributed by atoms with Gasteiger partial charge in [-0.1, -0.05) is 37.8 Å². The monoisotopic (exact) mass is 484 g/mol. The Balaban J connectivity index is 0.00000193. The Morgan fingerprint density at radius 3 is 2.55 bits per heavy atom. The molecule has 180 valence electrons. The summed E-state index contributed by atoms with van der Waals surface area (Å²) in [6.45, 7) is 1.28. The number of likely N-dealkylation sites (tertiary alicyclic amines) is 1. The molecule has 0 saturated carbocycles. The predicted octanol–water partition coefficient (Wildman–Crippen LogP) is 4.41. The van der Waals surface area contributed by atoms with Gasteiger partial charge in [-0.3, -0.25) is 4.90 Å². The van der Waals surface area contributed by atoms with Crippen LogP contribution in [0.2, 0.25) is 0 Å². The maximum Gasteiger partial charge on any atom is 0.453 e. The zero-order valence-electron chi connectivity index (χ0n) is 17.4. The topological polar surface area (TPSA) is 82.1 Å². The van der Waals surface area contributed by atoms with Crippen LogP contribution in [0.25, 0.3) is 5.69 Å². The minimum atomic E-state index is -4.67. The fraction of sp³-hybridized carbons (Fsp3) is 0.409. The molecule has 1 fully saturated rings. The first-order valence-electron chi connectivity index (χ1n) is 9.96. The molecular formula is C22H28ClF3N6O. The number of piperidine rings is 1. The van der Waals surface area contributed by atoms with Crippen LogP contribution in [0.4, 0.5) is 13.2 Å². The summed E-state index contributed by atoms with van der Waals surface area (Å²) in [7, 11) is 1.54. The van der Waals surface area contributed by atoms with Gasteiger partial charge in [0.05, 0.1) is 18.8 Å². The molecule has 0 spiro atoms. The van der Waals surface area contributed by atoms with Crippen LogP contribution in [0.1, 0.15) is 43.3 Å². The molecule has 7 nitrogen and oxygen atoms in total. The Hall–Kier alpha value is -2.69. The van der Waals surface area contributed by atoms with Crippen LogP contribution < -0.4 is 10.5 Å². The highest BCUT2D eigenvalue weighted by Gasteiger charge is 2.38. The standard InChI is InChI=1S/C21H23F3N6O.CH4.ClH/c1-31-18-10-9-16(30-20(21(22,23)24)26-27-28-30)12-15(18)13-29-11-5-8-17(25)19(29)14-6-3-2-4-7-14;;/h2-4,6-7,9-10,12,17,19H,5,8,11,13,25H2,1H3;1H4;1H. The van der Waals surface area contributed by atoms with Crippen molar-refractivity contribution in [2.45, 2.75) is 45.1 Å². The van der Waals surface area contributed by atoms with Gasteiger partial charge in [-0.25, -0.2) is 0 Å². The van der Waals surface area contributed by atoms with Crippen molar-refractivity contribution in [3.63, 3.8) is 0 Å². The van der Waals surface area contributed by atoms with E-state index in [4.69, 9.17) is 10.5 Å². The number of nitrogens with zero attached hydrogens (tertiary/aromatic N) is 5. The number of tetrazole rings is 1. The molecule has 2 atom stereocenters. The number of methoxy groups -OCH3 is 1. The Morgan fingerprint density at radius 2 is 1.88 bits per heavy atom. The van der Waals surface area contributed by atoms with Gasteiger partial charge in [0, 0.05) is 18.2 Å². The van der Waals surface area contributed by atoms with Gasteiger partial charge in [0.25, 0.3) is 5.82 Å². The molecule has 33 heavy (non-hydrogen) atoms. The molecule has 4 rings (SSSR count). The highest BCUT2D eigenvalue weighted by Crippen LogP contribution is 2.34. The lowest BCUT2D eigenvalue weighted by Crippen LogP contribution is -2.45. The SMILES string of the molecule is C.COc1ccc(-n2nnnc2C(F)(F)F)cc1CN1CCCC(N)C1c1ccccc1.Cl. The first-order chi connectivity index (χ1) is 14.9. The first-order valence-corrected chi connectivity index (χ1v) is 9.96. The Morgan fingerprint density at radius 1 is 1.15 bits per heavy atom. The third-order valence-corrected chi connectivity index (χ3v) is 5.53. The lowest BCUT2D eigenvalue weighted by Gasteiger charge is -2.40. The fourth-order valence-electron chi connectivity index (χ4n) is 4.16. The predicted molar refractivity (Wildman–Crippen MR) is 121 cm³/mol. The van der Waals surface area contributed by atoms with Crippen molar-refractivity contribution in [1.29, 1.82) is 0 Å². The Bertz CT molecular complexity index is 1030. The molecule has 0 radical (unpaired) electrons. The van der Waals surface area contributed by atoms with Crippen molar-refractivity contribution in [3.05, 3.63) is 65.5 Å². The molecule has 2 N–H and O–H groups in total. The second-order valence-electron chi connectivity index (χ2n) is 7.54.